The Morgan fingerprint density at radius 1 is 1.53 bits per heavy atom. The summed E-state index contributed by atoms with van der Waals surface area (Å²) in [5, 5.41) is 15.1. The van der Waals surface area contributed by atoms with Gasteiger partial charge >= 0.3 is 5.97 Å². The van der Waals surface area contributed by atoms with Crippen LogP contribution >= 0.6 is 0 Å². The number of nitrogens with zero attached hydrogens (tertiary/aromatic N) is 2. The van der Waals surface area contributed by atoms with Crippen molar-refractivity contribution >= 4 is 11.9 Å². The highest BCUT2D eigenvalue weighted by Gasteiger charge is 2.21. The van der Waals surface area contributed by atoms with Gasteiger partial charge in [-0.2, -0.15) is 0 Å². The monoisotopic (exact) mass is 264 g/mol. The zero-order chi connectivity index (χ0) is 13.7. The molecule has 1 amide bonds. The van der Waals surface area contributed by atoms with Gasteiger partial charge in [0.15, 0.2) is 0 Å². The Kier molecular flexibility index (Phi) is 3.91. The molecule has 2 aromatic rings. The van der Waals surface area contributed by atoms with Gasteiger partial charge in [0, 0.05) is 24.4 Å². The van der Waals surface area contributed by atoms with Gasteiger partial charge in [-0.1, -0.05) is 5.16 Å². The summed E-state index contributed by atoms with van der Waals surface area (Å²) in [4.78, 5) is 29.3. The van der Waals surface area contributed by atoms with Crippen molar-refractivity contribution in [3.05, 3.63) is 36.2 Å². The molecular weight excluding hydrogens is 252 g/mol. The summed E-state index contributed by atoms with van der Waals surface area (Å²) < 4.78 is 4.59. The SMILES string of the molecule is O=C(Cc1ccon1)N[C@@H](Cc1cnc[nH]1)C(=O)O. The van der Waals surface area contributed by atoms with Crippen molar-refractivity contribution in [1.82, 2.24) is 20.4 Å². The van der Waals surface area contributed by atoms with Crippen LogP contribution in [0.4, 0.5) is 0 Å². The number of imidazole rings is 1. The Morgan fingerprint density at radius 2 is 2.37 bits per heavy atom. The summed E-state index contributed by atoms with van der Waals surface area (Å²) in [6.07, 6.45) is 4.43. The number of aromatic amines is 1. The molecule has 0 saturated carbocycles. The first kappa shape index (κ1) is 12.8. The Labute approximate surface area is 107 Å². The van der Waals surface area contributed by atoms with Crippen molar-refractivity contribution < 1.29 is 19.2 Å². The summed E-state index contributed by atoms with van der Waals surface area (Å²) >= 11 is 0. The third-order valence-corrected chi connectivity index (χ3v) is 2.45. The van der Waals surface area contributed by atoms with Crippen LogP contribution in [0.3, 0.4) is 0 Å². The standard InChI is InChI=1S/C11H12N4O4/c16-10(4-7-1-2-19-15-7)14-9(11(17)18)3-8-5-12-6-13-8/h1-2,5-6,9H,3-4H2,(H,12,13)(H,14,16)(H,17,18)/t9-/m0/s1. The number of hydrogen-bond donors (Lipinski definition) is 3. The van der Waals surface area contributed by atoms with E-state index in [-0.39, 0.29) is 12.8 Å². The molecule has 100 valence electrons. The smallest absolute Gasteiger partial charge is 0.326 e. The van der Waals surface area contributed by atoms with Gasteiger partial charge in [-0.25, -0.2) is 9.78 Å². The van der Waals surface area contributed by atoms with E-state index >= 15 is 0 Å². The maximum absolute atomic E-state index is 11.7. The van der Waals surface area contributed by atoms with E-state index in [4.69, 9.17) is 5.11 Å². The van der Waals surface area contributed by atoms with Crippen LogP contribution in [0.1, 0.15) is 11.4 Å². The van der Waals surface area contributed by atoms with E-state index in [0.717, 1.165) is 0 Å². The third-order valence-electron chi connectivity index (χ3n) is 2.45. The number of carbonyl (C=O) groups excluding carboxylic acids is 1. The molecule has 2 aromatic heterocycles. The molecular formula is C11H12N4O4. The van der Waals surface area contributed by atoms with Gasteiger partial charge in [-0.15, -0.1) is 0 Å². The van der Waals surface area contributed by atoms with Gasteiger partial charge in [0.1, 0.15) is 12.3 Å². The lowest BCUT2D eigenvalue weighted by molar-refractivity contribution is -0.141. The number of aromatic nitrogens is 3. The lowest BCUT2D eigenvalue weighted by atomic mass is 10.1. The molecule has 0 unspecified atom stereocenters. The molecule has 0 aromatic carbocycles. The predicted molar refractivity (Wildman–Crippen MR) is 62.1 cm³/mol. The fourth-order valence-electron chi connectivity index (χ4n) is 1.55. The minimum absolute atomic E-state index is 0.0245. The van der Waals surface area contributed by atoms with E-state index in [9.17, 15) is 9.59 Å². The Hall–Kier alpha value is -2.64. The lowest BCUT2D eigenvalue weighted by Crippen LogP contribution is -2.43. The van der Waals surface area contributed by atoms with Crippen molar-refractivity contribution in [2.75, 3.05) is 0 Å². The van der Waals surface area contributed by atoms with E-state index in [1.165, 1.54) is 18.8 Å². The molecule has 0 aliphatic carbocycles. The van der Waals surface area contributed by atoms with Crippen molar-refractivity contribution in [3.8, 4) is 0 Å². The number of nitrogens with one attached hydrogen (secondary N) is 2. The van der Waals surface area contributed by atoms with Crippen molar-refractivity contribution in [1.29, 1.82) is 0 Å². The summed E-state index contributed by atoms with van der Waals surface area (Å²) in [5.74, 6) is -1.54. The van der Waals surface area contributed by atoms with Crippen molar-refractivity contribution in [2.24, 2.45) is 0 Å². The van der Waals surface area contributed by atoms with E-state index in [1.54, 1.807) is 6.07 Å². The summed E-state index contributed by atoms with van der Waals surface area (Å²) in [6.45, 7) is 0. The summed E-state index contributed by atoms with van der Waals surface area (Å²) in [7, 11) is 0. The predicted octanol–water partition coefficient (Wildman–Crippen LogP) is -0.248. The number of hydrogen-bond acceptors (Lipinski definition) is 5. The van der Waals surface area contributed by atoms with E-state index in [2.05, 4.69) is 25.0 Å². The lowest BCUT2D eigenvalue weighted by Gasteiger charge is -2.12. The number of aliphatic carboxylic acids is 1. The van der Waals surface area contributed by atoms with E-state index in [1.807, 2.05) is 0 Å². The molecule has 8 nitrogen and oxygen atoms in total. The fourth-order valence-corrected chi connectivity index (χ4v) is 1.55. The molecule has 8 heteroatoms. The van der Waals surface area contributed by atoms with Gasteiger partial charge in [-0.3, -0.25) is 4.79 Å². The number of amides is 1. The van der Waals surface area contributed by atoms with Gasteiger partial charge in [0.05, 0.1) is 18.4 Å². The number of rotatable bonds is 6. The first-order valence-corrected chi connectivity index (χ1v) is 5.54. The molecule has 3 N–H and O–H groups in total. The van der Waals surface area contributed by atoms with Crippen LogP contribution < -0.4 is 5.32 Å². The summed E-state index contributed by atoms with van der Waals surface area (Å²) in [5.41, 5.74) is 1.08. The Balaban J connectivity index is 1.93. The molecule has 0 aliphatic heterocycles. The van der Waals surface area contributed by atoms with Crippen LogP contribution in [-0.2, 0) is 22.4 Å². The quantitative estimate of drug-likeness (QED) is 0.661. The van der Waals surface area contributed by atoms with Crippen LogP contribution in [0.2, 0.25) is 0 Å². The molecule has 0 spiro atoms. The van der Waals surface area contributed by atoms with Crippen LogP contribution in [0, 0.1) is 0 Å². The Morgan fingerprint density at radius 3 is 2.95 bits per heavy atom. The highest BCUT2D eigenvalue weighted by atomic mass is 16.5. The first-order chi connectivity index (χ1) is 9.15. The molecule has 19 heavy (non-hydrogen) atoms. The second-order valence-corrected chi connectivity index (χ2v) is 3.91. The molecule has 1 atom stereocenters. The minimum atomic E-state index is -1.11. The average Bonchev–Trinajstić information content (AvgIpc) is 3.00. The number of carboxylic acid groups (broad SMARTS) is 1. The van der Waals surface area contributed by atoms with E-state index in [0.29, 0.717) is 11.4 Å². The molecule has 0 radical (unpaired) electrons. The van der Waals surface area contributed by atoms with Gasteiger partial charge < -0.3 is 19.9 Å². The molecule has 0 fully saturated rings. The average molecular weight is 264 g/mol. The molecule has 2 rings (SSSR count). The van der Waals surface area contributed by atoms with Gasteiger partial charge in [0.2, 0.25) is 5.91 Å². The van der Waals surface area contributed by atoms with Gasteiger partial charge in [0.25, 0.3) is 0 Å². The number of carbonyl (C=O) groups is 2. The van der Waals surface area contributed by atoms with Crippen molar-refractivity contribution in [2.45, 2.75) is 18.9 Å². The topological polar surface area (TPSA) is 121 Å². The molecule has 0 bridgehead atoms. The van der Waals surface area contributed by atoms with Gasteiger partial charge in [-0.05, 0) is 0 Å². The highest BCUT2D eigenvalue weighted by Crippen LogP contribution is 2.01. The maximum Gasteiger partial charge on any atom is 0.326 e. The normalized spacial score (nSPS) is 12.0. The third kappa shape index (κ3) is 3.66. The second-order valence-electron chi connectivity index (χ2n) is 3.91. The minimum Gasteiger partial charge on any atom is -0.480 e. The zero-order valence-electron chi connectivity index (χ0n) is 9.87. The molecule has 2 heterocycles. The zero-order valence-corrected chi connectivity index (χ0v) is 9.87. The highest BCUT2D eigenvalue weighted by molar-refractivity contribution is 5.84. The molecule has 0 aliphatic rings. The number of carboxylic acids is 1. The second kappa shape index (κ2) is 5.80. The fraction of sp³-hybridized carbons (Fsp3) is 0.273. The van der Waals surface area contributed by atoms with Crippen LogP contribution in [0.15, 0.2) is 29.4 Å². The number of H-pyrrole nitrogens is 1. The molecule has 0 saturated heterocycles. The van der Waals surface area contributed by atoms with Crippen LogP contribution in [-0.4, -0.2) is 38.1 Å². The van der Waals surface area contributed by atoms with Crippen molar-refractivity contribution in [3.63, 3.8) is 0 Å². The summed E-state index contributed by atoms with van der Waals surface area (Å²) in [6, 6.07) is 0.532. The largest absolute Gasteiger partial charge is 0.480 e. The van der Waals surface area contributed by atoms with Crippen LogP contribution in [0.5, 0.6) is 0 Å². The van der Waals surface area contributed by atoms with E-state index < -0.39 is 17.9 Å². The maximum atomic E-state index is 11.7. The Bertz CT molecular complexity index is 535. The first-order valence-electron chi connectivity index (χ1n) is 5.54. The van der Waals surface area contributed by atoms with Crippen LogP contribution in [0.25, 0.3) is 0 Å².